The monoisotopic (exact) mass is 635 g/mol. The minimum Gasteiger partial charge on any atom is -0.480 e. The number of aromatic nitrogens is 4. The average Bonchev–Trinajstić information content (AvgIpc) is 3.49. The number of azide groups is 1. The van der Waals surface area contributed by atoms with E-state index in [4.69, 9.17) is 24.3 Å². The summed E-state index contributed by atoms with van der Waals surface area (Å²) in [4.78, 5) is 38.9. The summed E-state index contributed by atoms with van der Waals surface area (Å²) in [5.74, 6) is -3.04. The molecule has 7 atom stereocenters. The summed E-state index contributed by atoms with van der Waals surface area (Å²) in [5, 5.41) is 36.4. The zero-order valence-corrected chi connectivity index (χ0v) is 24.5. The Morgan fingerprint density at radius 2 is 2.00 bits per heavy atom. The summed E-state index contributed by atoms with van der Waals surface area (Å²) in [5.41, 5.74) is 13.9. The first-order valence-corrected chi connectivity index (χ1v) is 14.6. The minimum absolute atomic E-state index is 0.0841. The van der Waals surface area contributed by atoms with Gasteiger partial charge in [-0.25, -0.2) is 19.4 Å². The number of aliphatic carboxylic acids is 2. The Kier molecular flexibility index (Phi) is 9.70. The average molecular weight is 636 g/mol. The van der Waals surface area contributed by atoms with Gasteiger partial charge in [-0.2, -0.15) is 9.97 Å². The van der Waals surface area contributed by atoms with Gasteiger partial charge in [-0.15, -0.1) is 0 Å². The Morgan fingerprint density at radius 1 is 1.30 bits per heavy atom. The van der Waals surface area contributed by atoms with Crippen molar-refractivity contribution in [1.29, 1.82) is 0 Å². The SMILES string of the molecule is CCOc1nc(N)nc2c1ncn2C1O[C@H](COP(=O)(N[C@@H](C)C(=O)O)OC(C(=O)O)c2ccccc2)[C@@H](O)[C@@]1(C)N=[N+]=[N-]. The van der Waals surface area contributed by atoms with Crippen molar-refractivity contribution >= 4 is 36.8 Å². The number of benzene rings is 1. The van der Waals surface area contributed by atoms with Crippen LogP contribution in [0.4, 0.5) is 5.95 Å². The van der Waals surface area contributed by atoms with Crippen LogP contribution in [-0.4, -0.2) is 83.8 Å². The number of ether oxygens (including phenoxy) is 2. The van der Waals surface area contributed by atoms with E-state index >= 15 is 0 Å². The zero-order chi connectivity index (χ0) is 32.2. The van der Waals surface area contributed by atoms with E-state index in [9.17, 15) is 35.0 Å². The molecular formula is C24H30N9O10P. The largest absolute Gasteiger partial charge is 0.480 e. The number of carboxylic acids is 2. The number of carboxylic acid groups (broad SMARTS) is 2. The summed E-state index contributed by atoms with van der Waals surface area (Å²) in [6.45, 7) is 3.77. The number of nitrogens with two attached hydrogens (primary N) is 1. The smallest absolute Gasteiger partial charge is 0.407 e. The van der Waals surface area contributed by atoms with Gasteiger partial charge >= 0.3 is 19.7 Å². The van der Waals surface area contributed by atoms with E-state index in [1.807, 2.05) is 0 Å². The van der Waals surface area contributed by atoms with E-state index < -0.39 is 62.4 Å². The number of nitrogen functional groups attached to an aromatic ring is 1. The van der Waals surface area contributed by atoms with Crippen molar-refractivity contribution < 1.29 is 48.0 Å². The third kappa shape index (κ3) is 6.58. The topological polar surface area (TPSA) is 279 Å². The molecule has 2 aromatic heterocycles. The second kappa shape index (κ2) is 13.1. The number of hydrogen-bond donors (Lipinski definition) is 5. The second-order valence-electron chi connectivity index (χ2n) is 9.75. The number of hydrogen-bond acceptors (Lipinski definition) is 13. The molecule has 4 rings (SSSR count). The lowest BCUT2D eigenvalue weighted by atomic mass is 9.93. The first kappa shape index (κ1) is 32.6. The quantitative estimate of drug-likeness (QED) is 0.0734. The number of nitrogens with one attached hydrogen (secondary N) is 1. The number of aliphatic hydroxyl groups excluding tert-OH is 1. The maximum absolute atomic E-state index is 13.8. The Labute approximate surface area is 249 Å². The molecule has 3 heterocycles. The molecule has 0 amide bonds. The zero-order valence-electron chi connectivity index (χ0n) is 23.6. The van der Waals surface area contributed by atoms with Gasteiger partial charge in [0.2, 0.25) is 11.8 Å². The molecule has 1 saturated heterocycles. The predicted octanol–water partition coefficient (Wildman–Crippen LogP) is 2.16. The van der Waals surface area contributed by atoms with Crippen LogP contribution in [0.5, 0.6) is 5.88 Å². The second-order valence-corrected chi connectivity index (χ2v) is 11.5. The summed E-state index contributed by atoms with van der Waals surface area (Å²) >= 11 is 0. The molecule has 3 aromatic rings. The van der Waals surface area contributed by atoms with Crippen LogP contribution in [0.1, 0.15) is 38.7 Å². The van der Waals surface area contributed by atoms with Crippen molar-refractivity contribution in [3.8, 4) is 5.88 Å². The molecule has 6 N–H and O–H groups in total. The number of anilines is 1. The van der Waals surface area contributed by atoms with Crippen molar-refractivity contribution in [2.24, 2.45) is 5.11 Å². The fourth-order valence-corrected chi connectivity index (χ4v) is 6.09. The highest BCUT2D eigenvalue weighted by Gasteiger charge is 2.55. The van der Waals surface area contributed by atoms with Crippen LogP contribution >= 0.6 is 7.75 Å². The maximum Gasteiger partial charge on any atom is 0.407 e. The van der Waals surface area contributed by atoms with Gasteiger partial charge in [0.05, 0.1) is 25.6 Å². The van der Waals surface area contributed by atoms with Crippen LogP contribution in [-0.2, 0) is 27.9 Å². The van der Waals surface area contributed by atoms with Crippen LogP contribution in [0.2, 0.25) is 0 Å². The fourth-order valence-electron chi connectivity index (χ4n) is 4.48. The molecule has 0 bridgehead atoms. The normalized spacial score (nSPS) is 24.2. The summed E-state index contributed by atoms with van der Waals surface area (Å²) in [6.07, 6.45) is -4.81. The van der Waals surface area contributed by atoms with Crippen LogP contribution in [0.25, 0.3) is 21.6 Å². The maximum atomic E-state index is 13.8. The molecule has 0 saturated carbocycles. The van der Waals surface area contributed by atoms with E-state index in [0.717, 1.165) is 6.92 Å². The third-order valence-electron chi connectivity index (χ3n) is 6.66. The molecule has 1 aromatic carbocycles. The Balaban J connectivity index is 1.66. The van der Waals surface area contributed by atoms with Gasteiger partial charge in [0, 0.05) is 4.91 Å². The fraction of sp³-hybridized carbons (Fsp3) is 0.458. The van der Waals surface area contributed by atoms with Gasteiger partial charge in [0.25, 0.3) is 0 Å². The van der Waals surface area contributed by atoms with Crippen LogP contribution in [0.3, 0.4) is 0 Å². The van der Waals surface area contributed by atoms with Gasteiger partial charge in [0.15, 0.2) is 23.5 Å². The van der Waals surface area contributed by atoms with Gasteiger partial charge in [0.1, 0.15) is 17.7 Å². The molecule has 236 valence electrons. The minimum atomic E-state index is -4.76. The van der Waals surface area contributed by atoms with E-state index in [-0.39, 0.29) is 35.2 Å². The summed E-state index contributed by atoms with van der Waals surface area (Å²) in [6, 6.07) is 5.99. The molecule has 0 spiro atoms. The molecule has 1 aliphatic heterocycles. The molecule has 0 aliphatic carbocycles. The van der Waals surface area contributed by atoms with Gasteiger partial charge in [-0.05, 0) is 31.9 Å². The van der Waals surface area contributed by atoms with E-state index in [0.29, 0.717) is 0 Å². The highest BCUT2D eigenvalue weighted by Crippen LogP contribution is 2.51. The molecule has 1 fully saturated rings. The molecule has 44 heavy (non-hydrogen) atoms. The first-order chi connectivity index (χ1) is 20.8. The van der Waals surface area contributed by atoms with Crippen molar-refractivity contribution in [2.75, 3.05) is 18.9 Å². The van der Waals surface area contributed by atoms with E-state index in [2.05, 4.69) is 30.1 Å². The highest BCUT2D eigenvalue weighted by atomic mass is 31.2. The van der Waals surface area contributed by atoms with E-state index in [1.165, 1.54) is 42.1 Å². The predicted molar refractivity (Wildman–Crippen MR) is 150 cm³/mol. The van der Waals surface area contributed by atoms with Gasteiger partial charge in [-0.3, -0.25) is 18.4 Å². The Hall–Kier alpha value is -4.35. The van der Waals surface area contributed by atoms with Crippen molar-refractivity contribution in [3.05, 3.63) is 52.7 Å². The lowest BCUT2D eigenvalue weighted by Crippen LogP contribution is -2.43. The third-order valence-corrected chi connectivity index (χ3v) is 8.34. The number of rotatable bonds is 14. The van der Waals surface area contributed by atoms with Crippen LogP contribution in [0.15, 0.2) is 41.8 Å². The number of aliphatic hydroxyl groups is 1. The summed E-state index contributed by atoms with van der Waals surface area (Å²) < 4.78 is 37.5. The Morgan fingerprint density at radius 3 is 2.61 bits per heavy atom. The van der Waals surface area contributed by atoms with Crippen LogP contribution < -0.4 is 15.6 Å². The van der Waals surface area contributed by atoms with Crippen LogP contribution in [0, 0.1) is 0 Å². The van der Waals surface area contributed by atoms with Crippen molar-refractivity contribution in [1.82, 2.24) is 24.6 Å². The number of nitrogens with zero attached hydrogens (tertiary/aromatic N) is 7. The highest BCUT2D eigenvalue weighted by molar-refractivity contribution is 7.51. The lowest BCUT2D eigenvalue weighted by Gasteiger charge is -2.28. The number of fused-ring (bicyclic) bond motifs is 1. The Bertz CT molecular complexity index is 1620. The molecule has 19 nitrogen and oxygen atoms in total. The lowest BCUT2D eigenvalue weighted by molar-refractivity contribution is -0.146. The molecule has 20 heteroatoms. The molecule has 3 unspecified atom stereocenters. The van der Waals surface area contributed by atoms with Gasteiger partial charge < -0.3 is 30.5 Å². The van der Waals surface area contributed by atoms with Crippen molar-refractivity contribution in [2.45, 2.75) is 56.9 Å². The molecule has 1 aliphatic rings. The molecular weight excluding hydrogens is 605 g/mol. The van der Waals surface area contributed by atoms with Gasteiger partial charge in [-0.1, -0.05) is 35.4 Å². The number of imidazole rings is 1. The molecule has 0 radical (unpaired) electrons. The number of carbonyl (C=O) groups is 2. The standard InChI is InChI=1S/C24H30N9O10P/c1-4-40-19-15-18(28-23(25)29-19)33(11-27-15)22-24(3,31-32-26)17(34)14(42-22)10-41-44(39,30-12(2)20(35)36)43-16(21(37)38)13-8-6-5-7-9-13/h5-9,11-12,14,16-17,22,34H,4,10H2,1-3H3,(H,30,39)(H,35,36)(H,37,38)(H2,25,28,29)/t12-,14+,16?,17+,22?,24+,44?/m0/s1. The van der Waals surface area contributed by atoms with E-state index in [1.54, 1.807) is 13.0 Å². The first-order valence-electron chi connectivity index (χ1n) is 13.1. The summed E-state index contributed by atoms with van der Waals surface area (Å²) in [7, 11) is -4.76. The van der Waals surface area contributed by atoms with Crippen molar-refractivity contribution in [3.63, 3.8) is 0 Å².